The zero-order chi connectivity index (χ0) is 25.4. The van der Waals surface area contributed by atoms with Crippen molar-refractivity contribution in [1.29, 1.82) is 0 Å². The summed E-state index contributed by atoms with van der Waals surface area (Å²) in [5, 5.41) is 17.2. The highest BCUT2D eigenvalue weighted by atomic mass is 19.1. The van der Waals surface area contributed by atoms with Gasteiger partial charge < -0.3 is 10.6 Å². The van der Waals surface area contributed by atoms with Gasteiger partial charge in [-0.05, 0) is 33.6 Å². The molecule has 4 heterocycles. The molecule has 11 nitrogen and oxygen atoms in total. The van der Waals surface area contributed by atoms with Crippen LogP contribution in [0, 0.1) is 25.1 Å². The second-order valence-corrected chi connectivity index (χ2v) is 9.58. The van der Waals surface area contributed by atoms with E-state index < -0.39 is 11.2 Å². The molecule has 1 amide bonds. The second-order valence-electron chi connectivity index (χ2n) is 9.58. The molecule has 0 aromatic carbocycles. The van der Waals surface area contributed by atoms with E-state index in [-0.39, 0.29) is 17.9 Å². The molecule has 36 heavy (non-hydrogen) atoms. The van der Waals surface area contributed by atoms with Gasteiger partial charge in [-0.25, -0.2) is 24.0 Å². The fraction of sp³-hybridized carbons (Fsp3) is 0.375. The second kappa shape index (κ2) is 9.10. The molecule has 186 valence electrons. The molecular weight excluding hydrogens is 463 g/mol. The lowest BCUT2D eigenvalue weighted by Crippen LogP contribution is -2.47. The van der Waals surface area contributed by atoms with E-state index in [1.807, 2.05) is 39.8 Å². The first-order chi connectivity index (χ1) is 17.2. The monoisotopic (exact) mass is 490 g/mol. The fourth-order valence-electron chi connectivity index (χ4n) is 4.39. The van der Waals surface area contributed by atoms with Crippen LogP contribution >= 0.6 is 0 Å². The van der Waals surface area contributed by atoms with Crippen LogP contribution in [0.15, 0.2) is 36.9 Å². The Labute approximate surface area is 207 Å². The lowest BCUT2D eigenvalue weighted by atomic mass is 9.62. The number of anilines is 2. The summed E-state index contributed by atoms with van der Waals surface area (Å²) in [6, 6.07) is 3.43. The van der Waals surface area contributed by atoms with Gasteiger partial charge in [0.25, 0.3) is 0 Å². The van der Waals surface area contributed by atoms with E-state index in [0.29, 0.717) is 36.0 Å². The lowest BCUT2D eigenvalue weighted by Gasteiger charge is -2.43. The van der Waals surface area contributed by atoms with Crippen molar-refractivity contribution in [2.45, 2.75) is 52.5 Å². The predicted octanol–water partition coefficient (Wildman–Crippen LogP) is 3.44. The first kappa shape index (κ1) is 23.5. The van der Waals surface area contributed by atoms with Gasteiger partial charge in [-0.1, -0.05) is 6.92 Å². The van der Waals surface area contributed by atoms with Gasteiger partial charge in [-0.2, -0.15) is 10.2 Å². The largest absolute Gasteiger partial charge is 0.347 e. The van der Waals surface area contributed by atoms with Gasteiger partial charge in [0.2, 0.25) is 5.91 Å². The van der Waals surface area contributed by atoms with Crippen molar-refractivity contribution in [2.75, 3.05) is 5.32 Å². The first-order valence-electron chi connectivity index (χ1n) is 11.7. The van der Waals surface area contributed by atoms with Crippen LogP contribution in [0.2, 0.25) is 0 Å². The number of aryl methyl sites for hydroxylation is 2. The minimum absolute atomic E-state index is 0.0516. The molecule has 1 saturated carbocycles. The number of nitrogens with zero attached hydrogens (tertiary/aromatic N) is 7. The maximum atomic E-state index is 13.2. The molecule has 0 saturated heterocycles. The van der Waals surface area contributed by atoms with E-state index in [1.165, 1.54) is 17.1 Å². The first-order valence-corrected chi connectivity index (χ1v) is 11.7. The Morgan fingerprint density at radius 1 is 1.17 bits per heavy atom. The Kier molecular flexibility index (Phi) is 5.94. The van der Waals surface area contributed by atoms with E-state index in [9.17, 15) is 9.18 Å². The molecule has 0 radical (unpaired) electrons. The Hall–Kier alpha value is -4.22. The summed E-state index contributed by atoms with van der Waals surface area (Å²) in [6.45, 7) is 7.66. The van der Waals surface area contributed by atoms with Crippen molar-refractivity contribution < 1.29 is 9.18 Å². The third-order valence-corrected chi connectivity index (χ3v) is 6.38. The van der Waals surface area contributed by atoms with Crippen LogP contribution in [0.5, 0.6) is 0 Å². The number of carbonyl (C=O) groups excluding carboxylic acids is 1. The van der Waals surface area contributed by atoms with E-state index >= 15 is 0 Å². The van der Waals surface area contributed by atoms with Gasteiger partial charge in [0.15, 0.2) is 17.5 Å². The highest BCUT2D eigenvalue weighted by Crippen LogP contribution is 2.50. The third kappa shape index (κ3) is 4.79. The number of rotatable bonds is 7. The molecular formula is C24H27FN10O. The van der Waals surface area contributed by atoms with E-state index in [0.717, 1.165) is 23.4 Å². The van der Waals surface area contributed by atoms with Gasteiger partial charge >= 0.3 is 0 Å². The molecule has 3 N–H and O–H groups in total. The molecule has 0 aliphatic heterocycles. The van der Waals surface area contributed by atoms with Crippen molar-refractivity contribution in [2.24, 2.45) is 5.41 Å². The van der Waals surface area contributed by atoms with E-state index in [4.69, 9.17) is 0 Å². The van der Waals surface area contributed by atoms with Crippen LogP contribution in [-0.2, 0) is 4.79 Å². The van der Waals surface area contributed by atoms with Gasteiger partial charge in [0.05, 0.1) is 36.5 Å². The molecule has 1 fully saturated rings. The molecule has 5 rings (SSSR count). The molecule has 0 unspecified atom stereocenters. The zero-order valence-corrected chi connectivity index (χ0v) is 20.4. The highest BCUT2D eigenvalue weighted by molar-refractivity contribution is 5.83. The molecule has 0 bridgehead atoms. The van der Waals surface area contributed by atoms with Crippen molar-refractivity contribution in [1.82, 2.24) is 45.2 Å². The molecule has 4 aromatic heterocycles. The third-order valence-electron chi connectivity index (χ3n) is 6.38. The van der Waals surface area contributed by atoms with Crippen LogP contribution in [0.1, 0.15) is 61.6 Å². The number of nitrogens with one attached hydrogen (secondary N) is 3. The Morgan fingerprint density at radius 3 is 2.61 bits per heavy atom. The number of hydrogen-bond acceptors (Lipinski definition) is 8. The smallest absolute Gasteiger partial charge is 0.226 e. The summed E-state index contributed by atoms with van der Waals surface area (Å²) < 4.78 is 14.5. The van der Waals surface area contributed by atoms with Crippen molar-refractivity contribution in [3.63, 3.8) is 0 Å². The van der Waals surface area contributed by atoms with Gasteiger partial charge in [-0.3, -0.25) is 14.9 Å². The number of aromatic nitrogens is 8. The van der Waals surface area contributed by atoms with Gasteiger partial charge in [0.1, 0.15) is 11.6 Å². The molecule has 1 atom stereocenters. The fourth-order valence-corrected chi connectivity index (χ4v) is 4.39. The van der Waals surface area contributed by atoms with Crippen LogP contribution < -0.4 is 10.6 Å². The standard InChI is InChI=1S/C24H27FN10O/c1-13-5-19(31-20-6-14(2)33-34-20)32-22(29-13)16-7-24(4,8-16)23(36)30-15(3)18-10-27-21(11-26-18)35-12-17(25)9-28-35/h5-6,9-12,15-16H,7-8H2,1-4H3,(H,30,36)(H2,29,31,32,33,34)/t15-,16-,24-/m0/s1. The summed E-state index contributed by atoms with van der Waals surface area (Å²) >= 11 is 0. The molecule has 1 aliphatic rings. The summed E-state index contributed by atoms with van der Waals surface area (Å²) in [4.78, 5) is 31.0. The summed E-state index contributed by atoms with van der Waals surface area (Å²) in [6.07, 6.45) is 6.66. The average Bonchev–Trinajstić information content (AvgIpc) is 3.44. The molecule has 12 heteroatoms. The van der Waals surface area contributed by atoms with Crippen LogP contribution in [0.3, 0.4) is 0 Å². The SMILES string of the molecule is Cc1cc(Nc2cc(C)[nH]n2)nc([C@H]2C[C@](C)(C(=O)N[C@@H](C)c3cnc(-n4cc(F)cn4)cn3)C2)n1. The van der Waals surface area contributed by atoms with Crippen molar-refractivity contribution >= 4 is 17.5 Å². The lowest BCUT2D eigenvalue weighted by molar-refractivity contribution is -0.136. The van der Waals surface area contributed by atoms with Gasteiger partial charge in [0, 0.05) is 34.9 Å². The molecule has 0 spiro atoms. The highest BCUT2D eigenvalue weighted by Gasteiger charge is 2.48. The van der Waals surface area contributed by atoms with Crippen LogP contribution in [0.25, 0.3) is 5.82 Å². The van der Waals surface area contributed by atoms with Crippen LogP contribution in [-0.4, -0.2) is 45.8 Å². The van der Waals surface area contributed by atoms with Crippen LogP contribution in [0.4, 0.5) is 16.0 Å². The van der Waals surface area contributed by atoms with Gasteiger partial charge in [-0.15, -0.1) is 0 Å². The normalized spacial score (nSPS) is 20.0. The quantitative estimate of drug-likeness (QED) is 0.358. The number of aromatic amines is 1. The van der Waals surface area contributed by atoms with E-state index in [1.54, 1.807) is 6.20 Å². The summed E-state index contributed by atoms with van der Waals surface area (Å²) in [5.41, 5.74) is 1.87. The zero-order valence-electron chi connectivity index (χ0n) is 20.4. The van der Waals surface area contributed by atoms with Crippen molar-refractivity contribution in [3.05, 3.63) is 65.6 Å². The van der Waals surface area contributed by atoms with Crippen molar-refractivity contribution in [3.8, 4) is 5.82 Å². The summed E-state index contributed by atoms with van der Waals surface area (Å²) in [5.74, 6) is 2.07. The number of amides is 1. The number of carbonyl (C=O) groups is 1. The maximum Gasteiger partial charge on any atom is 0.226 e. The Morgan fingerprint density at radius 2 is 1.97 bits per heavy atom. The minimum atomic E-state index is -0.529. The summed E-state index contributed by atoms with van der Waals surface area (Å²) in [7, 11) is 0. The minimum Gasteiger partial charge on any atom is -0.347 e. The number of hydrogen-bond donors (Lipinski definition) is 3. The Balaban J connectivity index is 1.20. The topological polar surface area (TPSA) is 139 Å². The number of H-pyrrole nitrogens is 1. The average molecular weight is 491 g/mol. The number of halogens is 1. The maximum absolute atomic E-state index is 13.2. The van der Waals surface area contributed by atoms with E-state index in [2.05, 4.69) is 45.9 Å². The molecule has 4 aromatic rings. The molecule has 1 aliphatic carbocycles. The Bertz CT molecular complexity index is 1390. The predicted molar refractivity (Wildman–Crippen MR) is 129 cm³/mol.